The van der Waals surface area contributed by atoms with E-state index in [1.807, 2.05) is 36.1 Å². The van der Waals surface area contributed by atoms with Gasteiger partial charge in [-0.15, -0.1) is 0 Å². The highest BCUT2D eigenvalue weighted by Gasteiger charge is 2.16. The summed E-state index contributed by atoms with van der Waals surface area (Å²) in [5.41, 5.74) is 1.85. The average Bonchev–Trinajstić information content (AvgIpc) is 2.45. The maximum atomic E-state index is 12.2. The molecule has 0 radical (unpaired) electrons. The number of likely N-dealkylation sites (tertiary alicyclic amines) is 1. The molecule has 1 fully saturated rings. The van der Waals surface area contributed by atoms with E-state index >= 15 is 0 Å². The highest BCUT2D eigenvalue weighted by atomic mass is 16.2. The number of carbonyl (C=O) groups excluding carboxylic acids is 2. The van der Waals surface area contributed by atoms with Crippen molar-refractivity contribution in [3.05, 3.63) is 35.4 Å². The van der Waals surface area contributed by atoms with Crippen LogP contribution in [0.1, 0.15) is 60.9 Å². The summed E-state index contributed by atoms with van der Waals surface area (Å²) in [6, 6.07) is 7.57. The molecular formula is C18H25NO2. The molecule has 0 N–H and O–H groups in total. The van der Waals surface area contributed by atoms with Gasteiger partial charge in [-0.3, -0.25) is 9.59 Å². The summed E-state index contributed by atoms with van der Waals surface area (Å²) in [5, 5.41) is 0. The number of amides is 1. The minimum absolute atomic E-state index is 0.0652. The van der Waals surface area contributed by atoms with Crippen LogP contribution in [0, 0.1) is 6.92 Å². The van der Waals surface area contributed by atoms with Crippen LogP contribution in [0.2, 0.25) is 0 Å². The third kappa shape index (κ3) is 5.00. The molecule has 0 bridgehead atoms. The first-order chi connectivity index (χ1) is 10.2. The molecule has 21 heavy (non-hydrogen) atoms. The summed E-state index contributed by atoms with van der Waals surface area (Å²) < 4.78 is 0. The molecule has 0 unspecified atom stereocenters. The average molecular weight is 287 g/mol. The molecule has 0 saturated carbocycles. The van der Waals surface area contributed by atoms with E-state index in [-0.39, 0.29) is 11.7 Å². The van der Waals surface area contributed by atoms with E-state index in [1.54, 1.807) is 0 Å². The molecule has 0 aromatic heterocycles. The molecule has 1 saturated heterocycles. The molecule has 3 nitrogen and oxygen atoms in total. The molecule has 114 valence electrons. The summed E-state index contributed by atoms with van der Waals surface area (Å²) in [6.07, 6.45) is 6.56. The van der Waals surface area contributed by atoms with Crippen LogP contribution < -0.4 is 0 Å². The second kappa shape index (κ2) is 7.96. The van der Waals surface area contributed by atoms with E-state index in [0.29, 0.717) is 18.4 Å². The van der Waals surface area contributed by atoms with Crippen molar-refractivity contribution in [3.8, 4) is 0 Å². The van der Waals surface area contributed by atoms with Crippen molar-refractivity contribution in [2.24, 2.45) is 0 Å². The van der Waals surface area contributed by atoms with E-state index in [0.717, 1.165) is 31.5 Å². The van der Waals surface area contributed by atoms with Gasteiger partial charge in [-0.2, -0.15) is 0 Å². The van der Waals surface area contributed by atoms with Crippen LogP contribution in [0.4, 0.5) is 0 Å². The predicted molar refractivity (Wildman–Crippen MR) is 84.4 cm³/mol. The number of aryl methyl sites for hydroxylation is 1. The van der Waals surface area contributed by atoms with Gasteiger partial charge in [0, 0.05) is 31.5 Å². The quantitative estimate of drug-likeness (QED) is 0.791. The van der Waals surface area contributed by atoms with Crippen molar-refractivity contribution in [1.29, 1.82) is 0 Å². The largest absolute Gasteiger partial charge is 0.343 e. The van der Waals surface area contributed by atoms with E-state index in [1.165, 1.54) is 19.3 Å². The van der Waals surface area contributed by atoms with E-state index in [9.17, 15) is 9.59 Å². The van der Waals surface area contributed by atoms with Crippen LogP contribution >= 0.6 is 0 Å². The van der Waals surface area contributed by atoms with E-state index in [2.05, 4.69) is 0 Å². The SMILES string of the molecule is Cc1ccc(C(=O)CCC(=O)N2CCCCCCC2)cc1. The highest BCUT2D eigenvalue weighted by molar-refractivity contribution is 5.97. The van der Waals surface area contributed by atoms with Gasteiger partial charge < -0.3 is 4.90 Å². The summed E-state index contributed by atoms with van der Waals surface area (Å²) >= 11 is 0. The van der Waals surface area contributed by atoms with E-state index in [4.69, 9.17) is 0 Å². The second-order valence-corrected chi connectivity index (χ2v) is 5.94. The maximum Gasteiger partial charge on any atom is 0.223 e. The van der Waals surface area contributed by atoms with Crippen LogP contribution in [0.25, 0.3) is 0 Å². The van der Waals surface area contributed by atoms with Gasteiger partial charge in [0.2, 0.25) is 5.91 Å². The van der Waals surface area contributed by atoms with Crippen LogP contribution in [0.15, 0.2) is 24.3 Å². The molecule has 1 aromatic carbocycles. The third-order valence-electron chi connectivity index (χ3n) is 4.15. The predicted octanol–water partition coefficient (Wildman–Crippen LogP) is 3.75. The Morgan fingerprint density at radius 1 is 0.905 bits per heavy atom. The summed E-state index contributed by atoms with van der Waals surface area (Å²) in [7, 11) is 0. The van der Waals surface area contributed by atoms with Gasteiger partial charge in [0.15, 0.2) is 5.78 Å². The normalized spacial score (nSPS) is 16.1. The molecule has 1 aromatic rings. The first kappa shape index (κ1) is 15.7. The Kier molecular flexibility index (Phi) is 5.97. The lowest BCUT2D eigenvalue weighted by molar-refractivity contribution is -0.131. The second-order valence-electron chi connectivity index (χ2n) is 5.94. The molecule has 3 heteroatoms. The Morgan fingerprint density at radius 2 is 1.48 bits per heavy atom. The number of hydrogen-bond acceptors (Lipinski definition) is 2. The lowest BCUT2D eigenvalue weighted by atomic mass is 10.0. The smallest absolute Gasteiger partial charge is 0.223 e. The van der Waals surface area contributed by atoms with Gasteiger partial charge in [-0.05, 0) is 19.8 Å². The molecule has 1 aliphatic rings. The molecule has 0 spiro atoms. The van der Waals surface area contributed by atoms with Crippen LogP contribution in [0.5, 0.6) is 0 Å². The van der Waals surface area contributed by atoms with Crippen molar-refractivity contribution >= 4 is 11.7 Å². The Balaban J connectivity index is 1.82. The molecule has 1 heterocycles. The molecular weight excluding hydrogens is 262 g/mol. The Labute approximate surface area is 127 Å². The van der Waals surface area contributed by atoms with Crippen LogP contribution in [-0.4, -0.2) is 29.7 Å². The summed E-state index contributed by atoms with van der Waals surface area (Å²) in [6.45, 7) is 3.72. The van der Waals surface area contributed by atoms with Crippen molar-refractivity contribution in [3.63, 3.8) is 0 Å². The van der Waals surface area contributed by atoms with E-state index < -0.39 is 0 Å². The minimum atomic E-state index is 0.0652. The zero-order chi connectivity index (χ0) is 15.1. The Bertz CT molecular complexity index is 470. The zero-order valence-corrected chi connectivity index (χ0v) is 12.9. The van der Waals surface area contributed by atoms with Gasteiger partial charge in [0.05, 0.1) is 0 Å². The zero-order valence-electron chi connectivity index (χ0n) is 12.9. The standard InChI is InChI=1S/C18H25NO2/c1-15-7-9-16(10-8-15)17(20)11-12-18(21)19-13-5-3-2-4-6-14-19/h7-10H,2-6,11-14H2,1H3. The fourth-order valence-corrected chi connectivity index (χ4v) is 2.76. The highest BCUT2D eigenvalue weighted by Crippen LogP contribution is 2.13. The van der Waals surface area contributed by atoms with Crippen LogP contribution in [0.3, 0.4) is 0 Å². The van der Waals surface area contributed by atoms with Gasteiger partial charge in [-0.1, -0.05) is 49.1 Å². The third-order valence-corrected chi connectivity index (χ3v) is 4.15. The number of nitrogens with zero attached hydrogens (tertiary/aromatic N) is 1. The topological polar surface area (TPSA) is 37.4 Å². The Morgan fingerprint density at radius 3 is 2.10 bits per heavy atom. The first-order valence-corrected chi connectivity index (χ1v) is 8.04. The number of Topliss-reactive ketones (excluding diaryl/α,β-unsaturated/α-hetero) is 1. The fraction of sp³-hybridized carbons (Fsp3) is 0.556. The molecule has 1 amide bonds. The number of benzene rings is 1. The minimum Gasteiger partial charge on any atom is -0.343 e. The maximum absolute atomic E-state index is 12.2. The van der Waals surface area contributed by atoms with Gasteiger partial charge >= 0.3 is 0 Å². The van der Waals surface area contributed by atoms with Crippen molar-refractivity contribution in [1.82, 2.24) is 4.90 Å². The number of rotatable bonds is 4. The summed E-state index contributed by atoms with van der Waals surface area (Å²) in [5.74, 6) is 0.202. The number of ketones is 1. The van der Waals surface area contributed by atoms with Gasteiger partial charge in [0.1, 0.15) is 0 Å². The van der Waals surface area contributed by atoms with Crippen LogP contribution in [-0.2, 0) is 4.79 Å². The lowest BCUT2D eigenvalue weighted by Gasteiger charge is -2.24. The lowest BCUT2D eigenvalue weighted by Crippen LogP contribution is -2.33. The monoisotopic (exact) mass is 287 g/mol. The molecule has 2 rings (SSSR count). The molecule has 0 aliphatic carbocycles. The van der Waals surface area contributed by atoms with Gasteiger partial charge in [-0.25, -0.2) is 0 Å². The first-order valence-electron chi connectivity index (χ1n) is 8.04. The van der Waals surface area contributed by atoms with Crippen molar-refractivity contribution in [2.75, 3.05) is 13.1 Å². The molecule has 1 aliphatic heterocycles. The van der Waals surface area contributed by atoms with Gasteiger partial charge in [0.25, 0.3) is 0 Å². The van der Waals surface area contributed by atoms with Crippen molar-refractivity contribution < 1.29 is 9.59 Å². The Hall–Kier alpha value is -1.64. The fourth-order valence-electron chi connectivity index (χ4n) is 2.76. The van der Waals surface area contributed by atoms with Crippen molar-refractivity contribution in [2.45, 2.75) is 51.9 Å². The number of hydrogen-bond donors (Lipinski definition) is 0. The number of carbonyl (C=O) groups is 2. The molecule has 0 atom stereocenters. The summed E-state index contributed by atoms with van der Waals surface area (Å²) in [4.78, 5) is 26.3.